The number of carboxylic acid groups (broad SMARTS) is 1. The second-order valence-electron chi connectivity index (χ2n) is 7.39. The number of hydrogen-bond acceptors (Lipinski definition) is 6. The Balaban J connectivity index is 1.64. The van der Waals surface area contributed by atoms with E-state index in [1.165, 1.54) is 7.11 Å². The Bertz CT molecular complexity index is 933. The van der Waals surface area contributed by atoms with Gasteiger partial charge in [0, 0.05) is 26.1 Å². The van der Waals surface area contributed by atoms with Crippen molar-refractivity contribution in [2.75, 3.05) is 26.9 Å². The molecule has 32 heavy (non-hydrogen) atoms. The summed E-state index contributed by atoms with van der Waals surface area (Å²) in [4.78, 5) is 36.1. The number of aliphatic carboxylic acids is 1. The monoisotopic (exact) mass is 442 g/mol. The molecule has 3 rings (SSSR count). The van der Waals surface area contributed by atoms with Crippen molar-refractivity contribution >= 4 is 18.0 Å². The highest BCUT2D eigenvalue weighted by Gasteiger charge is 2.30. The van der Waals surface area contributed by atoms with Crippen molar-refractivity contribution in [3.63, 3.8) is 0 Å². The van der Waals surface area contributed by atoms with Crippen LogP contribution in [0.15, 0.2) is 48.5 Å². The van der Waals surface area contributed by atoms with Gasteiger partial charge in [-0.3, -0.25) is 4.79 Å². The summed E-state index contributed by atoms with van der Waals surface area (Å²) >= 11 is 0. The van der Waals surface area contributed by atoms with Crippen LogP contribution in [0, 0.1) is 0 Å². The molecular weight excluding hydrogens is 416 g/mol. The van der Waals surface area contributed by atoms with Gasteiger partial charge in [-0.25, -0.2) is 9.59 Å². The molecule has 4 N–H and O–H groups in total. The molecule has 0 bridgehead atoms. The van der Waals surface area contributed by atoms with Gasteiger partial charge in [0.1, 0.15) is 18.7 Å². The molecule has 0 radical (unpaired) electrons. The lowest BCUT2D eigenvalue weighted by Gasteiger charge is -2.21. The number of rotatable bonds is 10. The minimum absolute atomic E-state index is 0.0729. The largest absolute Gasteiger partial charge is 0.480 e. The fourth-order valence-electron chi connectivity index (χ4n) is 3.79. The van der Waals surface area contributed by atoms with E-state index >= 15 is 0 Å². The summed E-state index contributed by atoms with van der Waals surface area (Å²) in [5.41, 5.74) is 4.30. The maximum atomic E-state index is 12.4. The van der Waals surface area contributed by atoms with Crippen molar-refractivity contribution in [2.45, 2.75) is 24.4 Å². The van der Waals surface area contributed by atoms with Crippen LogP contribution in [0.5, 0.6) is 0 Å². The van der Waals surface area contributed by atoms with E-state index in [9.17, 15) is 14.4 Å². The Kier molecular flexibility index (Phi) is 7.80. The Morgan fingerprint density at radius 3 is 2.09 bits per heavy atom. The van der Waals surface area contributed by atoms with E-state index in [-0.39, 0.29) is 25.6 Å². The Labute approximate surface area is 185 Å². The van der Waals surface area contributed by atoms with Crippen molar-refractivity contribution in [2.24, 2.45) is 0 Å². The standard InChI is InChI=1S/C23H26N2O7/c1-31-13-20(21(27)24-19(10-11-26)22(28)29)25-23(30)32-12-18-16-8-4-2-6-14(16)15-7-3-5-9-17(15)18/h2-9,18-20,26H,10-13H2,1H3,(H,24,27)(H,25,30)(H,28,29)/t19-,20?/m0/s1. The lowest BCUT2D eigenvalue weighted by molar-refractivity contribution is -0.142. The molecule has 2 aromatic carbocycles. The van der Waals surface area contributed by atoms with Gasteiger partial charge in [-0.1, -0.05) is 48.5 Å². The molecule has 1 aliphatic rings. The second kappa shape index (κ2) is 10.7. The summed E-state index contributed by atoms with van der Waals surface area (Å²) in [7, 11) is 1.35. The summed E-state index contributed by atoms with van der Waals surface area (Å²) in [6.45, 7) is -0.517. The Morgan fingerprint density at radius 2 is 1.56 bits per heavy atom. The predicted molar refractivity (Wildman–Crippen MR) is 115 cm³/mol. The third kappa shape index (κ3) is 5.24. The molecule has 2 aromatic rings. The van der Waals surface area contributed by atoms with Crippen molar-refractivity contribution in [3.05, 3.63) is 59.7 Å². The van der Waals surface area contributed by atoms with Gasteiger partial charge in [0.2, 0.25) is 5.91 Å². The van der Waals surface area contributed by atoms with Crippen LogP contribution in [-0.4, -0.2) is 67.2 Å². The van der Waals surface area contributed by atoms with Crippen LogP contribution in [0.4, 0.5) is 4.79 Å². The molecule has 0 saturated heterocycles. The van der Waals surface area contributed by atoms with Crippen LogP contribution >= 0.6 is 0 Å². The zero-order valence-corrected chi connectivity index (χ0v) is 17.6. The average Bonchev–Trinajstić information content (AvgIpc) is 3.10. The number of nitrogens with one attached hydrogen (secondary N) is 2. The number of carboxylic acids is 1. The van der Waals surface area contributed by atoms with E-state index in [2.05, 4.69) is 10.6 Å². The summed E-state index contributed by atoms with van der Waals surface area (Å²) in [6.07, 6.45) is -0.982. The molecule has 170 valence electrons. The highest BCUT2D eigenvalue weighted by atomic mass is 16.5. The summed E-state index contributed by atoms with van der Waals surface area (Å²) in [5.74, 6) is -2.17. The molecule has 1 aliphatic carbocycles. The Hall–Kier alpha value is -3.43. The van der Waals surface area contributed by atoms with Crippen LogP contribution in [0.1, 0.15) is 23.5 Å². The van der Waals surface area contributed by atoms with Crippen LogP contribution in [0.25, 0.3) is 11.1 Å². The molecule has 0 spiro atoms. The second-order valence-corrected chi connectivity index (χ2v) is 7.39. The molecule has 1 unspecified atom stereocenters. The SMILES string of the molecule is COCC(NC(=O)OCC1c2ccccc2-c2ccccc21)C(=O)N[C@@H](CCO)C(=O)O. The molecule has 9 nitrogen and oxygen atoms in total. The summed E-state index contributed by atoms with van der Waals surface area (Å²) < 4.78 is 10.4. The Morgan fingerprint density at radius 1 is 0.969 bits per heavy atom. The van der Waals surface area contributed by atoms with Crippen LogP contribution in [0.2, 0.25) is 0 Å². The number of fused-ring (bicyclic) bond motifs is 3. The van der Waals surface area contributed by atoms with Gasteiger partial charge in [0.05, 0.1) is 6.61 Å². The predicted octanol–water partition coefficient (Wildman–Crippen LogP) is 1.49. The number of methoxy groups -OCH3 is 1. The number of aliphatic hydroxyl groups is 1. The molecule has 0 aliphatic heterocycles. The highest BCUT2D eigenvalue weighted by Crippen LogP contribution is 2.44. The lowest BCUT2D eigenvalue weighted by Crippen LogP contribution is -2.53. The smallest absolute Gasteiger partial charge is 0.407 e. The molecule has 0 fully saturated rings. The number of hydrogen-bond donors (Lipinski definition) is 4. The zero-order chi connectivity index (χ0) is 23.1. The van der Waals surface area contributed by atoms with Gasteiger partial charge < -0.3 is 30.3 Å². The van der Waals surface area contributed by atoms with Gasteiger partial charge in [-0.15, -0.1) is 0 Å². The number of ether oxygens (including phenoxy) is 2. The first-order chi connectivity index (χ1) is 15.5. The van der Waals surface area contributed by atoms with Gasteiger partial charge in [0.25, 0.3) is 0 Å². The van der Waals surface area contributed by atoms with Crippen LogP contribution < -0.4 is 10.6 Å². The highest BCUT2D eigenvalue weighted by molar-refractivity contribution is 5.89. The van der Waals surface area contributed by atoms with Gasteiger partial charge in [-0.05, 0) is 22.3 Å². The van der Waals surface area contributed by atoms with Gasteiger partial charge in [-0.2, -0.15) is 0 Å². The van der Waals surface area contributed by atoms with Crippen molar-refractivity contribution in [1.29, 1.82) is 0 Å². The van der Waals surface area contributed by atoms with E-state index in [4.69, 9.17) is 19.7 Å². The number of carbonyl (C=O) groups excluding carboxylic acids is 2. The van der Waals surface area contributed by atoms with Crippen LogP contribution in [0.3, 0.4) is 0 Å². The number of benzene rings is 2. The molecule has 0 saturated carbocycles. The third-order valence-electron chi connectivity index (χ3n) is 5.32. The van der Waals surface area contributed by atoms with E-state index in [0.29, 0.717) is 0 Å². The van der Waals surface area contributed by atoms with Crippen molar-refractivity contribution in [1.82, 2.24) is 10.6 Å². The number of amides is 2. The third-order valence-corrected chi connectivity index (χ3v) is 5.32. The molecule has 9 heteroatoms. The lowest BCUT2D eigenvalue weighted by atomic mass is 9.98. The van der Waals surface area contributed by atoms with Gasteiger partial charge in [0.15, 0.2) is 0 Å². The summed E-state index contributed by atoms with van der Waals surface area (Å²) in [6, 6.07) is 13.4. The topological polar surface area (TPSA) is 134 Å². The number of alkyl carbamates (subject to hydrolysis) is 1. The van der Waals surface area contributed by atoms with E-state index in [1.54, 1.807) is 0 Å². The minimum atomic E-state index is -1.29. The number of carbonyl (C=O) groups is 3. The van der Waals surface area contributed by atoms with Crippen molar-refractivity contribution < 1.29 is 34.1 Å². The normalized spacial score (nSPS) is 14.1. The average molecular weight is 442 g/mol. The summed E-state index contributed by atoms with van der Waals surface area (Å²) in [5, 5.41) is 22.8. The zero-order valence-electron chi connectivity index (χ0n) is 17.6. The maximum absolute atomic E-state index is 12.4. The van der Waals surface area contributed by atoms with Crippen molar-refractivity contribution in [3.8, 4) is 11.1 Å². The fraction of sp³-hybridized carbons (Fsp3) is 0.348. The first kappa shape index (κ1) is 23.2. The molecule has 2 amide bonds. The maximum Gasteiger partial charge on any atom is 0.407 e. The van der Waals surface area contributed by atoms with Gasteiger partial charge >= 0.3 is 12.1 Å². The molecule has 0 aromatic heterocycles. The fourth-order valence-corrected chi connectivity index (χ4v) is 3.79. The minimum Gasteiger partial charge on any atom is -0.480 e. The molecular formula is C23H26N2O7. The van der Waals surface area contributed by atoms with E-state index < -0.39 is 36.7 Å². The molecule has 0 heterocycles. The van der Waals surface area contributed by atoms with E-state index in [0.717, 1.165) is 22.3 Å². The number of aliphatic hydroxyl groups excluding tert-OH is 1. The van der Waals surface area contributed by atoms with E-state index in [1.807, 2.05) is 48.5 Å². The quantitative estimate of drug-likeness (QED) is 0.438. The first-order valence-electron chi connectivity index (χ1n) is 10.2. The van der Waals surface area contributed by atoms with Crippen LogP contribution in [-0.2, 0) is 19.1 Å². The first-order valence-corrected chi connectivity index (χ1v) is 10.2. The molecule has 2 atom stereocenters.